The van der Waals surface area contributed by atoms with Crippen LogP contribution in [0.4, 0.5) is 0 Å². The van der Waals surface area contributed by atoms with E-state index in [1.165, 1.54) is 0 Å². The quantitative estimate of drug-likeness (QED) is 0.772. The first-order chi connectivity index (χ1) is 4.24. The Labute approximate surface area is 65.6 Å². The zero-order chi connectivity index (χ0) is 6.85. The highest BCUT2D eigenvalue weighted by atomic mass is 79.9. The minimum atomic E-state index is -0.120. The van der Waals surface area contributed by atoms with Crippen molar-refractivity contribution < 1.29 is 9.52 Å². The van der Waals surface area contributed by atoms with Gasteiger partial charge in [-0.05, 0) is 33.6 Å². The van der Waals surface area contributed by atoms with Crippen molar-refractivity contribution in [3.05, 3.63) is 21.5 Å². The lowest BCUT2D eigenvalue weighted by molar-refractivity contribution is 0.247. The highest BCUT2D eigenvalue weighted by molar-refractivity contribution is 9.10. The third-order valence-electron chi connectivity index (χ3n) is 0.852. The van der Waals surface area contributed by atoms with E-state index in [1.54, 1.807) is 6.07 Å². The van der Waals surface area contributed by atoms with Crippen LogP contribution in [-0.4, -0.2) is 5.11 Å². The number of hydrogen-bond donors (Lipinski definition) is 1. The Hall–Kier alpha value is 0.01000. The molecule has 2 nitrogen and oxygen atoms in total. The molecule has 9 heavy (non-hydrogen) atoms. The van der Waals surface area contributed by atoms with Gasteiger partial charge in [-0.1, -0.05) is 0 Å². The number of rotatable bonds is 1. The molecule has 0 aliphatic heterocycles. The molecule has 1 rings (SSSR count). The Morgan fingerprint density at radius 1 is 1.78 bits per heavy atom. The summed E-state index contributed by atoms with van der Waals surface area (Å²) in [5, 5.41) is 8.78. The largest absolute Gasteiger partial charge is 0.446 e. The maximum Gasteiger partial charge on any atom is 0.207 e. The fourth-order valence-corrected chi connectivity index (χ4v) is 0.959. The van der Waals surface area contributed by atoms with Gasteiger partial charge in [0.25, 0.3) is 0 Å². The fourth-order valence-electron chi connectivity index (χ4n) is 0.469. The first-order valence-corrected chi connectivity index (χ1v) is 3.45. The maximum atomic E-state index is 8.50. The van der Waals surface area contributed by atoms with Gasteiger partial charge in [-0.2, -0.15) is 0 Å². The molecule has 0 aliphatic rings. The molecule has 0 saturated heterocycles. The molecule has 0 bridgehead atoms. The molecule has 0 aromatic carbocycles. The van der Waals surface area contributed by atoms with Crippen LogP contribution in [0.2, 0.25) is 5.22 Å². The molecule has 1 heterocycles. The second-order valence-corrected chi connectivity index (χ2v) is 2.69. The molecule has 0 radical (unpaired) electrons. The van der Waals surface area contributed by atoms with Gasteiger partial charge in [0, 0.05) is 0 Å². The Kier molecular flexibility index (Phi) is 2.16. The first-order valence-electron chi connectivity index (χ1n) is 2.28. The lowest BCUT2D eigenvalue weighted by Gasteiger charge is -1.81. The van der Waals surface area contributed by atoms with Gasteiger partial charge in [0.2, 0.25) is 5.22 Å². The summed E-state index contributed by atoms with van der Waals surface area (Å²) in [7, 11) is 0. The Bertz CT molecular complexity index is 189. The second kappa shape index (κ2) is 2.73. The van der Waals surface area contributed by atoms with Crippen molar-refractivity contribution in [1.82, 2.24) is 0 Å². The molecular formula is C5H4BrClO2. The fraction of sp³-hybridized carbons (Fsp3) is 0.200. The van der Waals surface area contributed by atoms with E-state index in [9.17, 15) is 0 Å². The first kappa shape index (κ1) is 7.12. The van der Waals surface area contributed by atoms with Gasteiger partial charge in [0.15, 0.2) is 0 Å². The summed E-state index contributed by atoms with van der Waals surface area (Å²) in [6, 6.07) is 1.63. The van der Waals surface area contributed by atoms with Crippen LogP contribution in [-0.2, 0) is 6.61 Å². The zero-order valence-electron chi connectivity index (χ0n) is 4.40. The maximum absolute atomic E-state index is 8.50. The number of halogens is 2. The van der Waals surface area contributed by atoms with Gasteiger partial charge in [0.05, 0.1) is 4.47 Å². The molecule has 0 atom stereocenters. The van der Waals surface area contributed by atoms with Crippen molar-refractivity contribution >= 4 is 27.5 Å². The molecule has 50 valence electrons. The SMILES string of the molecule is OCc1cc(Br)c(Cl)o1. The monoisotopic (exact) mass is 210 g/mol. The number of aliphatic hydroxyl groups excluding tert-OH is 1. The van der Waals surface area contributed by atoms with Crippen molar-refractivity contribution in [2.24, 2.45) is 0 Å². The highest BCUT2D eigenvalue weighted by Gasteiger charge is 2.03. The minimum absolute atomic E-state index is 0.120. The average Bonchev–Trinajstić information content (AvgIpc) is 2.13. The van der Waals surface area contributed by atoms with Crippen LogP contribution in [0.25, 0.3) is 0 Å². The van der Waals surface area contributed by atoms with E-state index in [1.807, 2.05) is 0 Å². The summed E-state index contributed by atoms with van der Waals surface area (Å²) in [6.45, 7) is -0.120. The third kappa shape index (κ3) is 1.47. The molecule has 0 unspecified atom stereocenters. The Morgan fingerprint density at radius 3 is 2.67 bits per heavy atom. The van der Waals surface area contributed by atoms with Gasteiger partial charge < -0.3 is 9.52 Å². The van der Waals surface area contributed by atoms with E-state index in [-0.39, 0.29) is 11.8 Å². The van der Waals surface area contributed by atoms with Crippen LogP contribution in [0.15, 0.2) is 15.0 Å². The van der Waals surface area contributed by atoms with Gasteiger partial charge in [-0.15, -0.1) is 0 Å². The van der Waals surface area contributed by atoms with E-state index < -0.39 is 0 Å². The van der Waals surface area contributed by atoms with Gasteiger partial charge >= 0.3 is 0 Å². The highest BCUT2D eigenvalue weighted by Crippen LogP contribution is 2.25. The van der Waals surface area contributed by atoms with Crippen molar-refractivity contribution in [2.45, 2.75) is 6.61 Å². The second-order valence-electron chi connectivity index (χ2n) is 1.49. The molecule has 1 N–H and O–H groups in total. The predicted molar refractivity (Wildman–Crippen MR) is 37.3 cm³/mol. The molecule has 1 aromatic rings. The van der Waals surface area contributed by atoms with E-state index in [4.69, 9.17) is 21.1 Å². The van der Waals surface area contributed by atoms with Gasteiger partial charge in [-0.25, -0.2) is 0 Å². The number of furan rings is 1. The summed E-state index contributed by atoms with van der Waals surface area (Å²) < 4.78 is 5.51. The lowest BCUT2D eigenvalue weighted by Crippen LogP contribution is -1.72. The molecule has 0 fully saturated rings. The summed E-state index contributed by atoms with van der Waals surface area (Å²) in [5.74, 6) is 0.465. The minimum Gasteiger partial charge on any atom is -0.446 e. The van der Waals surface area contributed by atoms with Crippen molar-refractivity contribution in [1.29, 1.82) is 0 Å². The third-order valence-corrected chi connectivity index (χ3v) is 1.95. The molecule has 4 heteroatoms. The van der Waals surface area contributed by atoms with Gasteiger partial charge in [-0.3, -0.25) is 0 Å². The topological polar surface area (TPSA) is 33.4 Å². The van der Waals surface area contributed by atoms with Crippen LogP contribution in [0.1, 0.15) is 5.76 Å². The summed E-state index contributed by atoms with van der Waals surface area (Å²) in [5.41, 5.74) is 0. The molecule has 0 saturated carbocycles. The summed E-state index contributed by atoms with van der Waals surface area (Å²) in [6.07, 6.45) is 0. The smallest absolute Gasteiger partial charge is 0.207 e. The Balaban J connectivity index is 2.98. The van der Waals surface area contributed by atoms with E-state index in [0.29, 0.717) is 10.2 Å². The van der Waals surface area contributed by atoms with Crippen LogP contribution >= 0.6 is 27.5 Å². The number of hydrogen-bond acceptors (Lipinski definition) is 2. The van der Waals surface area contributed by atoms with Crippen LogP contribution < -0.4 is 0 Å². The Morgan fingerprint density at radius 2 is 2.44 bits per heavy atom. The predicted octanol–water partition coefficient (Wildman–Crippen LogP) is 2.19. The van der Waals surface area contributed by atoms with E-state index in [0.717, 1.165) is 0 Å². The molecule has 0 aliphatic carbocycles. The average molecular weight is 211 g/mol. The van der Waals surface area contributed by atoms with Crippen molar-refractivity contribution in [2.75, 3.05) is 0 Å². The molecular weight excluding hydrogens is 207 g/mol. The normalized spacial score (nSPS) is 10.1. The van der Waals surface area contributed by atoms with Crippen LogP contribution in [0.5, 0.6) is 0 Å². The summed E-state index contributed by atoms with van der Waals surface area (Å²) in [4.78, 5) is 0. The number of aliphatic hydroxyl groups is 1. The van der Waals surface area contributed by atoms with Gasteiger partial charge in [0.1, 0.15) is 12.4 Å². The lowest BCUT2D eigenvalue weighted by atomic mass is 10.5. The molecule has 0 amide bonds. The molecule has 0 spiro atoms. The van der Waals surface area contributed by atoms with Crippen molar-refractivity contribution in [3.8, 4) is 0 Å². The van der Waals surface area contributed by atoms with Crippen molar-refractivity contribution in [3.63, 3.8) is 0 Å². The van der Waals surface area contributed by atoms with Crippen LogP contribution in [0.3, 0.4) is 0 Å². The van der Waals surface area contributed by atoms with Crippen LogP contribution in [0, 0.1) is 0 Å². The molecule has 1 aromatic heterocycles. The van der Waals surface area contributed by atoms with E-state index in [2.05, 4.69) is 15.9 Å². The standard InChI is InChI=1S/C5H4BrClO2/c6-4-1-3(2-8)9-5(4)7/h1,8H,2H2. The zero-order valence-corrected chi connectivity index (χ0v) is 6.74. The van der Waals surface area contributed by atoms with E-state index >= 15 is 0 Å². The summed E-state index contributed by atoms with van der Waals surface area (Å²) >= 11 is 8.60.